The van der Waals surface area contributed by atoms with Crippen LogP contribution in [0, 0.1) is 0 Å². The van der Waals surface area contributed by atoms with E-state index in [1.54, 1.807) is 7.11 Å². The second kappa shape index (κ2) is 6.57. The minimum absolute atomic E-state index is 0.0435. The first-order chi connectivity index (χ1) is 9.19. The van der Waals surface area contributed by atoms with Crippen molar-refractivity contribution in [3.05, 3.63) is 24.3 Å². The van der Waals surface area contributed by atoms with Crippen molar-refractivity contribution in [3.8, 4) is 5.75 Å². The van der Waals surface area contributed by atoms with Gasteiger partial charge in [-0.3, -0.25) is 9.69 Å². The Bertz CT molecular complexity index is 434. The molecule has 1 aliphatic rings. The van der Waals surface area contributed by atoms with Gasteiger partial charge < -0.3 is 10.1 Å². The molecule has 2 rings (SSSR count). The molecular formula is C15H22N2O2. The van der Waals surface area contributed by atoms with Crippen LogP contribution in [0.25, 0.3) is 0 Å². The average molecular weight is 262 g/mol. The zero-order valence-electron chi connectivity index (χ0n) is 11.7. The highest BCUT2D eigenvalue weighted by Crippen LogP contribution is 2.18. The normalized spacial score (nSPS) is 20.0. The van der Waals surface area contributed by atoms with Gasteiger partial charge in [-0.25, -0.2) is 0 Å². The van der Waals surface area contributed by atoms with Crippen LogP contribution in [-0.2, 0) is 4.79 Å². The van der Waals surface area contributed by atoms with Gasteiger partial charge in [0, 0.05) is 17.8 Å². The predicted molar refractivity (Wildman–Crippen MR) is 76.5 cm³/mol. The molecule has 1 aliphatic heterocycles. The van der Waals surface area contributed by atoms with E-state index in [1.807, 2.05) is 24.3 Å². The fraction of sp³-hybridized carbons (Fsp3) is 0.533. The first kappa shape index (κ1) is 13.9. The molecule has 4 nitrogen and oxygen atoms in total. The van der Waals surface area contributed by atoms with Crippen molar-refractivity contribution in [1.29, 1.82) is 0 Å². The Morgan fingerprint density at radius 1 is 1.47 bits per heavy atom. The fourth-order valence-electron chi connectivity index (χ4n) is 2.48. The quantitative estimate of drug-likeness (QED) is 0.906. The van der Waals surface area contributed by atoms with Gasteiger partial charge in [0.25, 0.3) is 0 Å². The van der Waals surface area contributed by atoms with E-state index in [9.17, 15) is 4.79 Å². The summed E-state index contributed by atoms with van der Waals surface area (Å²) in [5, 5.41) is 2.92. The van der Waals surface area contributed by atoms with Gasteiger partial charge in [-0.05, 0) is 38.4 Å². The SMILES string of the molecule is COc1cccc(NC(=O)CN2CCCCC2C)c1. The number of hydrogen-bond donors (Lipinski definition) is 1. The third-order valence-corrected chi connectivity index (χ3v) is 3.64. The van der Waals surface area contributed by atoms with Gasteiger partial charge in [0.15, 0.2) is 0 Å². The third-order valence-electron chi connectivity index (χ3n) is 3.64. The number of nitrogens with zero attached hydrogens (tertiary/aromatic N) is 1. The first-order valence-corrected chi connectivity index (χ1v) is 6.87. The molecule has 1 fully saturated rings. The summed E-state index contributed by atoms with van der Waals surface area (Å²) in [7, 11) is 1.62. The highest BCUT2D eigenvalue weighted by molar-refractivity contribution is 5.92. The summed E-state index contributed by atoms with van der Waals surface area (Å²) >= 11 is 0. The van der Waals surface area contributed by atoms with Crippen molar-refractivity contribution in [2.75, 3.05) is 25.5 Å². The zero-order valence-corrected chi connectivity index (χ0v) is 11.7. The van der Waals surface area contributed by atoms with Gasteiger partial charge in [0.1, 0.15) is 5.75 Å². The summed E-state index contributed by atoms with van der Waals surface area (Å²) in [4.78, 5) is 14.3. The molecule has 0 radical (unpaired) electrons. The summed E-state index contributed by atoms with van der Waals surface area (Å²) in [6, 6.07) is 7.95. The molecule has 1 saturated heterocycles. The summed E-state index contributed by atoms with van der Waals surface area (Å²) < 4.78 is 5.14. The van der Waals surface area contributed by atoms with E-state index in [1.165, 1.54) is 19.3 Å². The molecular weight excluding hydrogens is 240 g/mol. The van der Waals surface area contributed by atoms with Crippen LogP contribution < -0.4 is 10.1 Å². The highest BCUT2D eigenvalue weighted by atomic mass is 16.5. The van der Waals surface area contributed by atoms with Crippen LogP contribution in [0.4, 0.5) is 5.69 Å². The van der Waals surface area contributed by atoms with Gasteiger partial charge in [-0.15, -0.1) is 0 Å². The van der Waals surface area contributed by atoms with Gasteiger partial charge in [0.2, 0.25) is 5.91 Å². The van der Waals surface area contributed by atoms with Crippen molar-refractivity contribution < 1.29 is 9.53 Å². The number of piperidine rings is 1. The topological polar surface area (TPSA) is 41.6 Å². The number of carbonyl (C=O) groups is 1. The van der Waals surface area contributed by atoms with E-state index in [0.29, 0.717) is 12.6 Å². The molecule has 1 aromatic carbocycles. The molecule has 0 aliphatic carbocycles. The number of amides is 1. The number of benzene rings is 1. The average Bonchev–Trinajstić information content (AvgIpc) is 2.41. The summed E-state index contributed by atoms with van der Waals surface area (Å²) in [6.45, 7) is 3.68. The standard InChI is InChI=1S/C15H22N2O2/c1-12-6-3-4-9-17(12)11-15(18)16-13-7-5-8-14(10-13)19-2/h5,7-8,10,12H,3-4,6,9,11H2,1-2H3,(H,16,18). The van der Waals surface area contributed by atoms with E-state index < -0.39 is 0 Å². The van der Waals surface area contributed by atoms with Crippen LogP contribution in [0.2, 0.25) is 0 Å². The van der Waals surface area contributed by atoms with Crippen LogP contribution in [0.3, 0.4) is 0 Å². The Balaban J connectivity index is 1.89. The molecule has 4 heteroatoms. The maximum atomic E-state index is 12.0. The maximum absolute atomic E-state index is 12.0. The Labute approximate surface area is 114 Å². The third kappa shape index (κ3) is 3.96. The molecule has 0 aromatic heterocycles. The lowest BCUT2D eigenvalue weighted by atomic mass is 10.0. The summed E-state index contributed by atoms with van der Waals surface area (Å²) in [5.41, 5.74) is 0.786. The summed E-state index contributed by atoms with van der Waals surface area (Å²) in [6.07, 6.45) is 3.65. The van der Waals surface area contributed by atoms with Gasteiger partial charge >= 0.3 is 0 Å². The van der Waals surface area contributed by atoms with Crippen molar-refractivity contribution >= 4 is 11.6 Å². The van der Waals surface area contributed by atoms with E-state index >= 15 is 0 Å². The number of hydrogen-bond acceptors (Lipinski definition) is 3. The van der Waals surface area contributed by atoms with E-state index in [2.05, 4.69) is 17.1 Å². The van der Waals surface area contributed by atoms with Crippen molar-refractivity contribution in [3.63, 3.8) is 0 Å². The molecule has 1 unspecified atom stereocenters. The Morgan fingerprint density at radius 2 is 2.32 bits per heavy atom. The molecule has 0 bridgehead atoms. The van der Waals surface area contributed by atoms with Crippen LogP contribution in [-0.4, -0.2) is 37.0 Å². The van der Waals surface area contributed by atoms with Crippen molar-refractivity contribution in [2.45, 2.75) is 32.2 Å². The molecule has 1 N–H and O–H groups in total. The molecule has 0 saturated carbocycles. The van der Waals surface area contributed by atoms with Crippen LogP contribution in [0.15, 0.2) is 24.3 Å². The number of carbonyl (C=O) groups excluding carboxylic acids is 1. The minimum atomic E-state index is 0.0435. The smallest absolute Gasteiger partial charge is 0.238 e. The largest absolute Gasteiger partial charge is 0.497 e. The maximum Gasteiger partial charge on any atom is 0.238 e. The van der Waals surface area contributed by atoms with Crippen molar-refractivity contribution in [2.24, 2.45) is 0 Å². The Kier molecular flexibility index (Phi) is 4.80. The first-order valence-electron chi connectivity index (χ1n) is 6.87. The van der Waals surface area contributed by atoms with E-state index in [-0.39, 0.29) is 5.91 Å². The number of anilines is 1. The second-order valence-electron chi connectivity index (χ2n) is 5.10. The Hall–Kier alpha value is -1.55. The second-order valence-corrected chi connectivity index (χ2v) is 5.10. The Morgan fingerprint density at radius 3 is 3.05 bits per heavy atom. The molecule has 1 heterocycles. The van der Waals surface area contributed by atoms with E-state index in [0.717, 1.165) is 18.0 Å². The summed E-state index contributed by atoms with van der Waals surface area (Å²) in [5.74, 6) is 0.797. The van der Waals surface area contributed by atoms with Crippen LogP contribution >= 0.6 is 0 Å². The zero-order chi connectivity index (χ0) is 13.7. The van der Waals surface area contributed by atoms with E-state index in [4.69, 9.17) is 4.74 Å². The lowest BCUT2D eigenvalue weighted by molar-refractivity contribution is -0.118. The molecule has 1 atom stereocenters. The van der Waals surface area contributed by atoms with Gasteiger partial charge in [-0.1, -0.05) is 12.5 Å². The number of ether oxygens (including phenoxy) is 1. The predicted octanol–water partition coefficient (Wildman–Crippen LogP) is 2.51. The number of methoxy groups -OCH3 is 1. The molecule has 19 heavy (non-hydrogen) atoms. The number of likely N-dealkylation sites (tertiary alicyclic amines) is 1. The fourth-order valence-corrected chi connectivity index (χ4v) is 2.48. The van der Waals surface area contributed by atoms with Crippen LogP contribution in [0.1, 0.15) is 26.2 Å². The minimum Gasteiger partial charge on any atom is -0.497 e. The molecule has 1 amide bonds. The molecule has 0 spiro atoms. The monoisotopic (exact) mass is 262 g/mol. The lowest BCUT2D eigenvalue weighted by Crippen LogP contribution is -2.42. The van der Waals surface area contributed by atoms with Crippen molar-refractivity contribution in [1.82, 2.24) is 4.90 Å². The number of nitrogens with one attached hydrogen (secondary N) is 1. The van der Waals surface area contributed by atoms with Gasteiger partial charge in [-0.2, -0.15) is 0 Å². The highest BCUT2D eigenvalue weighted by Gasteiger charge is 2.20. The molecule has 1 aromatic rings. The van der Waals surface area contributed by atoms with Crippen LogP contribution in [0.5, 0.6) is 5.75 Å². The number of rotatable bonds is 4. The lowest BCUT2D eigenvalue weighted by Gasteiger charge is -2.32. The van der Waals surface area contributed by atoms with Gasteiger partial charge in [0.05, 0.1) is 13.7 Å². The molecule has 104 valence electrons.